The molecule has 1 N–H and O–H groups in total. The highest BCUT2D eigenvalue weighted by molar-refractivity contribution is 5.45. The Balaban J connectivity index is 2.62. The molecule has 0 unspecified atom stereocenters. The van der Waals surface area contributed by atoms with E-state index < -0.39 is 0 Å². The van der Waals surface area contributed by atoms with Crippen molar-refractivity contribution in [3.05, 3.63) is 29.8 Å². The summed E-state index contributed by atoms with van der Waals surface area (Å²) in [6.07, 6.45) is 3.60. The fraction of sp³-hybridized carbons (Fsp3) is 0.647. The highest BCUT2D eigenvalue weighted by Crippen LogP contribution is 2.19. The lowest BCUT2D eigenvalue weighted by molar-refractivity contribution is 0.442. The molecule has 1 aromatic carbocycles. The topological polar surface area (TPSA) is 12.0 Å². The second-order valence-electron chi connectivity index (χ2n) is 6.15. The average Bonchev–Trinajstić information content (AvgIpc) is 2.28. The fourth-order valence-corrected chi connectivity index (χ4v) is 2.42. The van der Waals surface area contributed by atoms with E-state index in [2.05, 4.69) is 64.2 Å². The Labute approximate surface area is 113 Å². The van der Waals surface area contributed by atoms with Gasteiger partial charge in [0.1, 0.15) is 0 Å². The summed E-state index contributed by atoms with van der Waals surface area (Å²) in [5.41, 5.74) is 2.67. The van der Waals surface area contributed by atoms with Gasteiger partial charge in [-0.2, -0.15) is 0 Å². The molecular weight excluding hydrogens is 218 g/mol. The van der Waals surface area contributed by atoms with Crippen LogP contribution in [0.2, 0.25) is 0 Å². The average molecular weight is 247 g/mol. The Morgan fingerprint density at radius 1 is 0.889 bits per heavy atom. The molecule has 0 saturated carbocycles. The molecule has 0 amide bonds. The van der Waals surface area contributed by atoms with Gasteiger partial charge in [-0.3, -0.25) is 0 Å². The van der Waals surface area contributed by atoms with Gasteiger partial charge in [-0.05, 0) is 48.8 Å². The normalized spacial score (nSPS) is 11.6. The quantitative estimate of drug-likeness (QED) is 0.705. The van der Waals surface area contributed by atoms with Crippen molar-refractivity contribution in [3.63, 3.8) is 0 Å². The van der Waals surface area contributed by atoms with Crippen LogP contribution in [0.4, 0.5) is 5.69 Å². The third kappa shape index (κ3) is 5.57. The number of anilines is 1. The van der Waals surface area contributed by atoms with Crippen LogP contribution in [0.25, 0.3) is 0 Å². The van der Waals surface area contributed by atoms with Crippen LogP contribution in [0, 0.1) is 11.8 Å². The number of hydrogen-bond donors (Lipinski definition) is 1. The van der Waals surface area contributed by atoms with Crippen LogP contribution < -0.4 is 5.32 Å². The molecule has 0 atom stereocenters. The van der Waals surface area contributed by atoms with Gasteiger partial charge in [0.05, 0.1) is 0 Å². The van der Waals surface area contributed by atoms with Crippen molar-refractivity contribution >= 4 is 5.69 Å². The van der Waals surface area contributed by atoms with E-state index >= 15 is 0 Å². The van der Waals surface area contributed by atoms with Gasteiger partial charge >= 0.3 is 0 Å². The van der Waals surface area contributed by atoms with Crippen LogP contribution in [-0.4, -0.2) is 6.04 Å². The highest BCUT2D eigenvalue weighted by Gasteiger charge is 2.12. The molecule has 18 heavy (non-hydrogen) atoms. The van der Waals surface area contributed by atoms with Gasteiger partial charge in [0.25, 0.3) is 0 Å². The van der Waals surface area contributed by atoms with E-state index in [0.29, 0.717) is 6.04 Å². The lowest BCUT2D eigenvalue weighted by Gasteiger charge is -2.23. The maximum atomic E-state index is 3.69. The number of hydrogen-bond acceptors (Lipinski definition) is 1. The van der Waals surface area contributed by atoms with E-state index in [9.17, 15) is 0 Å². The van der Waals surface area contributed by atoms with Crippen molar-refractivity contribution in [2.75, 3.05) is 5.32 Å². The van der Waals surface area contributed by atoms with Crippen molar-refractivity contribution in [2.24, 2.45) is 11.8 Å². The van der Waals surface area contributed by atoms with E-state index in [0.717, 1.165) is 18.3 Å². The maximum Gasteiger partial charge on any atom is 0.0342 e. The van der Waals surface area contributed by atoms with Crippen molar-refractivity contribution in [1.29, 1.82) is 0 Å². The van der Waals surface area contributed by atoms with E-state index in [1.54, 1.807) is 0 Å². The van der Waals surface area contributed by atoms with Crippen molar-refractivity contribution in [2.45, 2.75) is 59.9 Å². The summed E-state index contributed by atoms with van der Waals surface area (Å²) >= 11 is 0. The number of benzene rings is 1. The van der Waals surface area contributed by atoms with Crippen molar-refractivity contribution in [1.82, 2.24) is 0 Å². The summed E-state index contributed by atoms with van der Waals surface area (Å²) in [5, 5.41) is 3.69. The molecule has 1 aromatic rings. The Morgan fingerprint density at radius 3 is 1.78 bits per heavy atom. The Bertz CT molecular complexity index is 314. The minimum Gasteiger partial charge on any atom is -0.382 e. The fourth-order valence-electron chi connectivity index (χ4n) is 2.42. The SMILES string of the molecule is CCc1ccc(NC(CC(C)C)CC(C)C)cc1. The van der Waals surface area contributed by atoms with E-state index in [1.165, 1.54) is 24.1 Å². The van der Waals surface area contributed by atoms with Crippen molar-refractivity contribution < 1.29 is 0 Å². The Morgan fingerprint density at radius 2 is 1.39 bits per heavy atom. The summed E-state index contributed by atoms with van der Waals surface area (Å²) in [6.45, 7) is 11.4. The molecule has 1 heteroatoms. The van der Waals surface area contributed by atoms with Gasteiger partial charge in [-0.25, -0.2) is 0 Å². The van der Waals surface area contributed by atoms with E-state index in [-0.39, 0.29) is 0 Å². The van der Waals surface area contributed by atoms with E-state index in [1.807, 2.05) is 0 Å². The lowest BCUT2D eigenvalue weighted by Crippen LogP contribution is -2.23. The van der Waals surface area contributed by atoms with Gasteiger partial charge in [0.15, 0.2) is 0 Å². The number of rotatable bonds is 7. The van der Waals surface area contributed by atoms with Gasteiger partial charge in [0, 0.05) is 11.7 Å². The van der Waals surface area contributed by atoms with Crippen LogP contribution in [-0.2, 0) is 6.42 Å². The van der Waals surface area contributed by atoms with Crippen LogP contribution in [0.15, 0.2) is 24.3 Å². The molecule has 0 spiro atoms. The summed E-state index contributed by atoms with van der Waals surface area (Å²) in [5.74, 6) is 1.49. The summed E-state index contributed by atoms with van der Waals surface area (Å²) in [6, 6.07) is 9.48. The Hall–Kier alpha value is -0.980. The highest BCUT2D eigenvalue weighted by atomic mass is 14.9. The smallest absolute Gasteiger partial charge is 0.0342 e. The second kappa shape index (κ2) is 7.45. The summed E-state index contributed by atoms with van der Waals surface area (Å²) in [7, 11) is 0. The molecule has 0 saturated heterocycles. The molecule has 0 aromatic heterocycles. The third-order valence-electron chi connectivity index (χ3n) is 3.24. The summed E-state index contributed by atoms with van der Waals surface area (Å²) < 4.78 is 0. The minimum absolute atomic E-state index is 0.595. The van der Waals surface area contributed by atoms with Crippen LogP contribution in [0.1, 0.15) is 53.0 Å². The predicted octanol–water partition coefficient (Wildman–Crippen LogP) is 5.12. The first-order chi connectivity index (χ1) is 8.51. The Kier molecular flexibility index (Phi) is 6.24. The van der Waals surface area contributed by atoms with Gasteiger partial charge in [-0.15, -0.1) is 0 Å². The molecule has 0 aliphatic heterocycles. The predicted molar refractivity (Wildman–Crippen MR) is 82.1 cm³/mol. The van der Waals surface area contributed by atoms with Crippen molar-refractivity contribution in [3.8, 4) is 0 Å². The molecule has 0 bridgehead atoms. The molecule has 102 valence electrons. The molecule has 0 aliphatic rings. The molecular formula is C17H29N. The zero-order valence-corrected chi connectivity index (χ0v) is 12.7. The molecule has 0 heterocycles. The van der Waals surface area contributed by atoms with Gasteiger partial charge in [0.2, 0.25) is 0 Å². The number of nitrogens with one attached hydrogen (secondary N) is 1. The first kappa shape index (κ1) is 15.1. The standard InChI is InChI=1S/C17H29N/c1-6-15-7-9-16(10-8-15)18-17(11-13(2)3)12-14(4)5/h7-10,13-14,17-18H,6,11-12H2,1-5H3. The number of aryl methyl sites for hydroxylation is 1. The first-order valence-electron chi connectivity index (χ1n) is 7.36. The molecule has 1 rings (SSSR count). The molecule has 1 nitrogen and oxygen atoms in total. The van der Waals surface area contributed by atoms with Gasteiger partial charge < -0.3 is 5.32 Å². The molecule has 0 aliphatic carbocycles. The van der Waals surface area contributed by atoms with Crippen LogP contribution in [0.5, 0.6) is 0 Å². The largest absolute Gasteiger partial charge is 0.382 e. The van der Waals surface area contributed by atoms with Crippen LogP contribution in [0.3, 0.4) is 0 Å². The third-order valence-corrected chi connectivity index (χ3v) is 3.24. The molecule has 0 radical (unpaired) electrons. The van der Waals surface area contributed by atoms with Crippen LogP contribution >= 0.6 is 0 Å². The monoisotopic (exact) mass is 247 g/mol. The molecule has 0 fully saturated rings. The lowest BCUT2D eigenvalue weighted by atomic mass is 9.95. The van der Waals surface area contributed by atoms with E-state index in [4.69, 9.17) is 0 Å². The summed E-state index contributed by atoms with van der Waals surface area (Å²) in [4.78, 5) is 0. The zero-order valence-electron chi connectivity index (χ0n) is 12.7. The second-order valence-corrected chi connectivity index (χ2v) is 6.15. The minimum atomic E-state index is 0.595. The van der Waals surface area contributed by atoms with Gasteiger partial charge in [-0.1, -0.05) is 46.8 Å². The maximum absolute atomic E-state index is 3.69. The first-order valence-corrected chi connectivity index (χ1v) is 7.36. The zero-order chi connectivity index (χ0) is 13.5.